The highest BCUT2D eigenvalue weighted by Gasteiger charge is 2.67. The number of nitrogens with zero attached hydrogens (tertiary/aromatic N) is 1. The molecule has 3 heterocycles. The van der Waals surface area contributed by atoms with E-state index >= 15 is 0 Å². The lowest BCUT2D eigenvalue weighted by Gasteiger charge is -2.63. The number of hydrogen-bond donors (Lipinski definition) is 3. The predicted octanol–water partition coefficient (Wildman–Crippen LogP) is 1.76. The van der Waals surface area contributed by atoms with Crippen LogP contribution >= 0.6 is 0 Å². The quantitative estimate of drug-likeness (QED) is 0.777. The van der Waals surface area contributed by atoms with E-state index in [0.29, 0.717) is 44.3 Å². The van der Waals surface area contributed by atoms with Gasteiger partial charge in [0, 0.05) is 23.8 Å². The Kier molecular flexibility index (Phi) is 3.68. The molecule has 2 aliphatic heterocycles. The van der Waals surface area contributed by atoms with Crippen LogP contribution in [0, 0.1) is 0 Å². The first kappa shape index (κ1) is 16.3. The molecule has 1 aliphatic carbocycles. The molecule has 24 heavy (non-hydrogen) atoms. The number of fused-ring (bicyclic) bond motifs is 2. The van der Waals surface area contributed by atoms with Crippen LogP contribution in [-0.2, 0) is 9.47 Å². The predicted molar refractivity (Wildman–Crippen MR) is 77.9 cm³/mol. The third-order valence-electron chi connectivity index (χ3n) is 5.65. The number of alkyl halides is 3. The van der Waals surface area contributed by atoms with Gasteiger partial charge in [-0.15, -0.1) is 13.2 Å². The molecule has 3 fully saturated rings. The number of piperidine rings is 1. The summed E-state index contributed by atoms with van der Waals surface area (Å²) in [4.78, 5) is 0. The first-order valence-electron chi connectivity index (χ1n) is 8.24. The Morgan fingerprint density at radius 3 is 2.75 bits per heavy atom. The van der Waals surface area contributed by atoms with E-state index < -0.39 is 23.6 Å². The Balaban J connectivity index is 1.78. The number of aromatic nitrogens is 2. The Hall–Kier alpha value is -1.16. The van der Waals surface area contributed by atoms with Crippen LogP contribution in [0.2, 0.25) is 0 Å². The summed E-state index contributed by atoms with van der Waals surface area (Å²) in [6.07, 6.45) is 0.374. The SMILES string of the molecule is NC1CC2COC(c3cn[nH]c3)C(C3(OC(F)(F)F)CCC3)(C1)N2. The summed E-state index contributed by atoms with van der Waals surface area (Å²) in [5.41, 5.74) is 4.56. The molecule has 2 bridgehead atoms. The molecule has 2 saturated heterocycles. The summed E-state index contributed by atoms with van der Waals surface area (Å²) < 4.78 is 50.3. The number of H-pyrrole nitrogens is 1. The van der Waals surface area contributed by atoms with Gasteiger partial charge >= 0.3 is 6.36 Å². The number of nitrogens with one attached hydrogen (secondary N) is 2. The third-order valence-corrected chi connectivity index (χ3v) is 5.65. The van der Waals surface area contributed by atoms with E-state index in [2.05, 4.69) is 15.5 Å². The van der Waals surface area contributed by atoms with Crippen LogP contribution in [0.1, 0.15) is 43.8 Å². The maximum atomic E-state index is 13.2. The van der Waals surface area contributed by atoms with Crippen LogP contribution in [0.5, 0.6) is 0 Å². The van der Waals surface area contributed by atoms with Gasteiger partial charge in [0.2, 0.25) is 0 Å². The van der Waals surface area contributed by atoms with E-state index in [1.807, 2.05) is 0 Å². The van der Waals surface area contributed by atoms with Gasteiger partial charge in [0.1, 0.15) is 6.10 Å². The molecule has 0 aromatic carbocycles. The van der Waals surface area contributed by atoms with Crippen molar-refractivity contribution in [2.45, 2.75) is 67.8 Å². The molecule has 4 rings (SSSR count). The average molecular weight is 346 g/mol. The number of aromatic amines is 1. The minimum Gasteiger partial charge on any atom is -0.370 e. The number of hydrogen-bond acceptors (Lipinski definition) is 5. The number of ether oxygens (including phenoxy) is 2. The molecule has 0 spiro atoms. The maximum Gasteiger partial charge on any atom is 0.523 e. The van der Waals surface area contributed by atoms with E-state index in [0.717, 1.165) is 0 Å². The first-order chi connectivity index (χ1) is 11.3. The van der Waals surface area contributed by atoms with Crippen molar-refractivity contribution in [1.82, 2.24) is 15.5 Å². The normalized spacial score (nSPS) is 38.6. The lowest BCUT2D eigenvalue weighted by Crippen LogP contribution is -2.78. The van der Waals surface area contributed by atoms with E-state index in [-0.39, 0.29) is 12.1 Å². The largest absolute Gasteiger partial charge is 0.523 e. The summed E-state index contributed by atoms with van der Waals surface area (Å²) in [5.74, 6) is 0. The van der Waals surface area contributed by atoms with Gasteiger partial charge in [-0.2, -0.15) is 5.10 Å². The van der Waals surface area contributed by atoms with Gasteiger partial charge < -0.3 is 15.8 Å². The Morgan fingerprint density at radius 2 is 2.17 bits per heavy atom. The molecule has 6 nitrogen and oxygen atoms in total. The van der Waals surface area contributed by atoms with Crippen LogP contribution < -0.4 is 11.1 Å². The minimum atomic E-state index is -4.70. The second kappa shape index (κ2) is 5.42. The molecule has 4 N–H and O–H groups in total. The van der Waals surface area contributed by atoms with Crippen molar-refractivity contribution in [3.8, 4) is 0 Å². The van der Waals surface area contributed by atoms with Gasteiger partial charge in [0.05, 0.1) is 23.9 Å². The molecule has 4 unspecified atom stereocenters. The lowest BCUT2D eigenvalue weighted by atomic mass is 9.58. The standard InChI is InChI=1S/C15H21F3N4O2/c16-15(17,18)24-13(2-1-3-13)14-5-10(19)4-11(22-14)8-23-12(14)9-6-20-21-7-9/h6-7,10-12,22H,1-5,8,19H2,(H,20,21). The molecule has 3 aliphatic rings. The molecule has 1 aromatic heterocycles. The molecule has 9 heteroatoms. The van der Waals surface area contributed by atoms with E-state index in [1.54, 1.807) is 12.4 Å². The number of halogens is 3. The van der Waals surface area contributed by atoms with Crippen LogP contribution in [0.25, 0.3) is 0 Å². The topological polar surface area (TPSA) is 85.2 Å². The Labute approximate surface area is 137 Å². The number of morpholine rings is 1. The summed E-state index contributed by atoms with van der Waals surface area (Å²) in [5, 5.41) is 10.1. The first-order valence-corrected chi connectivity index (χ1v) is 8.24. The second-order valence-electron chi connectivity index (χ2n) is 7.15. The summed E-state index contributed by atoms with van der Waals surface area (Å²) in [6.45, 7) is 0.410. The molecule has 0 radical (unpaired) electrons. The van der Waals surface area contributed by atoms with Crippen molar-refractivity contribution in [1.29, 1.82) is 0 Å². The molecule has 4 atom stereocenters. The molecule has 1 saturated carbocycles. The molecular weight excluding hydrogens is 325 g/mol. The average Bonchev–Trinajstić information content (AvgIpc) is 2.95. The van der Waals surface area contributed by atoms with E-state index in [9.17, 15) is 13.2 Å². The van der Waals surface area contributed by atoms with Crippen molar-refractivity contribution < 1.29 is 22.6 Å². The highest BCUT2D eigenvalue weighted by atomic mass is 19.4. The fourth-order valence-electron chi connectivity index (χ4n) is 4.69. The van der Waals surface area contributed by atoms with Gasteiger partial charge in [0.15, 0.2) is 0 Å². The maximum absolute atomic E-state index is 13.2. The van der Waals surface area contributed by atoms with Gasteiger partial charge in [-0.3, -0.25) is 9.84 Å². The van der Waals surface area contributed by atoms with E-state index in [4.69, 9.17) is 15.2 Å². The fourth-order valence-corrected chi connectivity index (χ4v) is 4.69. The Morgan fingerprint density at radius 1 is 1.38 bits per heavy atom. The van der Waals surface area contributed by atoms with Crippen LogP contribution in [0.15, 0.2) is 12.4 Å². The van der Waals surface area contributed by atoms with Crippen molar-refractivity contribution in [3.05, 3.63) is 18.0 Å². The highest BCUT2D eigenvalue weighted by molar-refractivity contribution is 5.27. The minimum absolute atomic E-state index is 0.0637. The number of nitrogens with two attached hydrogens (primary N) is 1. The summed E-state index contributed by atoms with van der Waals surface area (Å²) in [6, 6.07) is -0.255. The van der Waals surface area contributed by atoms with Crippen molar-refractivity contribution in [2.75, 3.05) is 6.61 Å². The number of rotatable bonds is 3. The van der Waals surface area contributed by atoms with Crippen molar-refractivity contribution >= 4 is 0 Å². The van der Waals surface area contributed by atoms with Gasteiger partial charge in [-0.05, 0) is 32.1 Å². The second-order valence-corrected chi connectivity index (χ2v) is 7.15. The van der Waals surface area contributed by atoms with Crippen molar-refractivity contribution in [3.63, 3.8) is 0 Å². The van der Waals surface area contributed by atoms with E-state index in [1.165, 1.54) is 0 Å². The zero-order chi connectivity index (χ0) is 17.0. The van der Waals surface area contributed by atoms with Gasteiger partial charge in [-0.1, -0.05) is 0 Å². The summed E-state index contributed by atoms with van der Waals surface area (Å²) >= 11 is 0. The molecule has 0 amide bonds. The smallest absolute Gasteiger partial charge is 0.370 e. The molecular formula is C15H21F3N4O2. The zero-order valence-electron chi connectivity index (χ0n) is 13.1. The summed E-state index contributed by atoms with van der Waals surface area (Å²) in [7, 11) is 0. The third kappa shape index (κ3) is 2.45. The zero-order valence-corrected chi connectivity index (χ0v) is 13.1. The van der Waals surface area contributed by atoms with Crippen molar-refractivity contribution in [2.24, 2.45) is 5.73 Å². The van der Waals surface area contributed by atoms with Gasteiger partial charge in [-0.25, -0.2) is 0 Å². The fraction of sp³-hybridized carbons (Fsp3) is 0.800. The Bertz CT molecular complexity index is 586. The van der Waals surface area contributed by atoms with Crippen LogP contribution in [0.4, 0.5) is 13.2 Å². The molecule has 1 aromatic rings. The van der Waals surface area contributed by atoms with Crippen LogP contribution in [0.3, 0.4) is 0 Å². The monoisotopic (exact) mass is 346 g/mol. The lowest BCUT2D eigenvalue weighted by molar-refractivity contribution is -0.402. The highest BCUT2D eigenvalue weighted by Crippen LogP contribution is 2.57. The molecule has 134 valence electrons. The van der Waals surface area contributed by atoms with Gasteiger partial charge in [0.25, 0.3) is 0 Å². The van der Waals surface area contributed by atoms with Crippen LogP contribution in [-0.4, -0.2) is 46.4 Å².